The molecule has 0 saturated carbocycles. The molecule has 3 heterocycles. The molecule has 3 saturated heterocycles. The molecule has 27 heavy (non-hydrogen) atoms. The lowest BCUT2D eigenvalue weighted by Crippen LogP contribution is -2.57. The van der Waals surface area contributed by atoms with Gasteiger partial charge in [0.2, 0.25) is 17.7 Å². The number of hydrogen-bond acceptors (Lipinski definition) is 5. The average molecular weight is 381 g/mol. The Balaban J connectivity index is 2.02. The van der Waals surface area contributed by atoms with Crippen LogP contribution in [0, 0.1) is 11.8 Å². The SMILES string of the molecule is CCCCNC(=O)C1N([C@H](C)CO)C(=O)[C@@H]2[C@H](C(=O)NC)[C@]3(C)CCC12O3. The molecule has 2 unspecified atom stereocenters. The van der Waals surface area contributed by atoms with Crippen LogP contribution in [-0.2, 0) is 19.1 Å². The van der Waals surface area contributed by atoms with Crippen LogP contribution in [0.4, 0.5) is 0 Å². The molecule has 152 valence electrons. The summed E-state index contributed by atoms with van der Waals surface area (Å²) in [4.78, 5) is 40.5. The van der Waals surface area contributed by atoms with Gasteiger partial charge in [-0.25, -0.2) is 0 Å². The number of aliphatic hydroxyl groups is 1. The van der Waals surface area contributed by atoms with E-state index >= 15 is 0 Å². The maximum absolute atomic E-state index is 13.4. The van der Waals surface area contributed by atoms with E-state index in [1.54, 1.807) is 14.0 Å². The van der Waals surface area contributed by atoms with Gasteiger partial charge in [0, 0.05) is 13.6 Å². The van der Waals surface area contributed by atoms with Crippen LogP contribution in [0.25, 0.3) is 0 Å². The Morgan fingerprint density at radius 2 is 2.07 bits per heavy atom. The van der Waals surface area contributed by atoms with E-state index in [1.807, 2.05) is 13.8 Å². The van der Waals surface area contributed by atoms with Gasteiger partial charge in [-0.05, 0) is 33.1 Å². The van der Waals surface area contributed by atoms with Gasteiger partial charge in [0.25, 0.3) is 0 Å². The molecule has 0 aliphatic carbocycles. The molecule has 2 bridgehead atoms. The van der Waals surface area contributed by atoms with Crippen molar-refractivity contribution in [1.29, 1.82) is 0 Å². The van der Waals surface area contributed by atoms with Gasteiger partial charge in [0.1, 0.15) is 11.6 Å². The third kappa shape index (κ3) is 2.76. The number of ether oxygens (including phenoxy) is 1. The molecular formula is C19H31N3O5. The number of nitrogens with one attached hydrogen (secondary N) is 2. The molecule has 0 radical (unpaired) electrons. The zero-order valence-electron chi connectivity index (χ0n) is 16.6. The van der Waals surface area contributed by atoms with E-state index in [9.17, 15) is 19.5 Å². The Hall–Kier alpha value is -1.67. The molecule has 0 aromatic carbocycles. The highest BCUT2D eigenvalue weighted by Gasteiger charge is 2.78. The van der Waals surface area contributed by atoms with Gasteiger partial charge < -0.3 is 25.4 Å². The number of nitrogens with zero attached hydrogens (tertiary/aromatic N) is 1. The molecule has 8 heteroatoms. The van der Waals surface area contributed by atoms with Gasteiger partial charge in [-0.2, -0.15) is 0 Å². The Labute approximate surface area is 160 Å². The van der Waals surface area contributed by atoms with Crippen LogP contribution in [-0.4, -0.2) is 71.2 Å². The summed E-state index contributed by atoms with van der Waals surface area (Å²) in [6.45, 7) is 5.88. The number of hydrogen-bond donors (Lipinski definition) is 3. The van der Waals surface area contributed by atoms with Crippen molar-refractivity contribution in [3.05, 3.63) is 0 Å². The molecule has 3 fully saturated rings. The largest absolute Gasteiger partial charge is 0.394 e. The highest BCUT2D eigenvalue weighted by Crippen LogP contribution is 2.63. The zero-order chi connectivity index (χ0) is 20.0. The molecule has 3 rings (SSSR count). The van der Waals surface area contributed by atoms with Gasteiger partial charge in [0.15, 0.2) is 0 Å². The first-order chi connectivity index (χ1) is 12.8. The van der Waals surface area contributed by atoms with Gasteiger partial charge in [-0.1, -0.05) is 13.3 Å². The fraction of sp³-hybridized carbons (Fsp3) is 0.842. The predicted molar refractivity (Wildman–Crippen MR) is 97.6 cm³/mol. The lowest BCUT2D eigenvalue weighted by atomic mass is 9.66. The first-order valence-electron chi connectivity index (χ1n) is 9.90. The fourth-order valence-corrected chi connectivity index (χ4v) is 5.27. The van der Waals surface area contributed by atoms with Crippen LogP contribution in [0.2, 0.25) is 0 Å². The van der Waals surface area contributed by atoms with Crippen molar-refractivity contribution in [1.82, 2.24) is 15.5 Å². The summed E-state index contributed by atoms with van der Waals surface area (Å²) >= 11 is 0. The molecule has 1 spiro atoms. The Bertz CT molecular complexity index is 641. The molecule has 8 nitrogen and oxygen atoms in total. The Kier molecular flexibility index (Phi) is 5.24. The summed E-state index contributed by atoms with van der Waals surface area (Å²) in [5.74, 6) is -2.11. The number of unbranched alkanes of at least 4 members (excludes halogenated alkanes) is 1. The molecular weight excluding hydrogens is 350 g/mol. The summed E-state index contributed by atoms with van der Waals surface area (Å²) < 4.78 is 6.38. The fourth-order valence-electron chi connectivity index (χ4n) is 5.27. The number of aliphatic hydroxyl groups excluding tert-OH is 1. The molecule has 0 aromatic heterocycles. The van der Waals surface area contributed by atoms with E-state index in [0.29, 0.717) is 19.4 Å². The second kappa shape index (κ2) is 7.05. The van der Waals surface area contributed by atoms with Crippen LogP contribution in [0.1, 0.15) is 46.5 Å². The Morgan fingerprint density at radius 1 is 1.37 bits per heavy atom. The molecule has 6 atom stereocenters. The van der Waals surface area contributed by atoms with E-state index in [0.717, 1.165) is 12.8 Å². The standard InChI is InChI=1S/C19H31N3O5/c1-5-6-9-21-16(25)14-19-8-7-18(3,27-19)12(15(24)20-4)13(19)17(26)22(14)11(2)10-23/h11-14,23H,5-10H2,1-4H3,(H,20,24)(H,21,25)/t11-,12-,13+,14?,18+,19?/m1/s1. The number of carbonyl (C=O) groups excluding carboxylic acids is 3. The third-order valence-corrected chi connectivity index (χ3v) is 6.56. The van der Waals surface area contributed by atoms with Crippen molar-refractivity contribution >= 4 is 17.7 Å². The van der Waals surface area contributed by atoms with Crippen LogP contribution >= 0.6 is 0 Å². The van der Waals surface area contributed by atoms with Crippen molar-refractivity contribution in [2.24, 2.45) is 11.8 Å². The molecule has 3 aliphatic rings. The van der Waals surface area contributed by atoms with Crippen LogP contribution in [0.3, 0.4) is 0 Å². The van der Waals surface area contributed by atoms with Gasteiger partial charge >= 0.3 is 0 Å². The second-order valence-electron chi connectivity index (χ2n) is 8.26. The van der Waals surface area contributed by atoms with Gasteiger partial charge in [0.05, 0.1) is 30.1 Å². The quantitative estimate of drug-likeness (QED) is 0.529. The van der Waals surface area contributed by atoms with Crippen LogP contribution in [0.5, 0.6) is 0 Å². The lowest BCUT2D eigenvalue weighted by Gasteiger charge is -2.35. The normalized spacial score (nSPS) is 38.0. The summed E-state index contributed by atoms with van der Waals surface area (Å²) in [7, 11) is 1.55. The average Bonchev–Trinajstić information content (AvgIpc) is 3.21. The smallest absolute Gasteiger partial charge is 0.245 e. The van der Waals surface area contributed by atoms with Crippen LogP contribution in [0.15, 0.2) is 0 Å². The van der Waals surface area contributed by atoms with E-state index in [4.69, 9.17) is 4.74 Å². The maximum Gasteiger partial charge on any atom is 0.245 e. The monoisotopic (exact) mass is 381 g/mol. The van der Waals surface area contributed by atoms with Crippen molar-refractivity contribution in [3.8, 4) is 0 Å². The summed E-state index contributed by atoms with van der Waals surface area (Å²) in [5, 5.41) is 15.3. The Morgan fingerprint density at radius 3 is 2.67 bits per heavy atom. The summed E-state index contributed by atoms with van der Waals surface area (Å²) in [5.41, 5.74) is -1.76. The minimum Gasteiger partial charge on any atom is -0.394 e. The maximum atomic E-state index is 13.4. The van der Waals surface area contributed by atoms with Gasteiger partial charge in [-0.3, -0.25) is 14.4 Å². The number of likely N-dealkylation sites (tertiary alicyclic amines) is 1. The first-order valence-corrected chi connectivity index (χ1v) is 9.90. The second-order valence-corrected chi connectivity index (χ2v) is 8.26. The lowest BCUT2D eigenvalue weighted by molar-refractivity contribution is -0.149. The van der Waals surface area contributed by atoms with Crippen molar-refractivity contribution in [3.63, 3.8) is 0 Å². The van der Waals surface area contributed by atoms with E-state index in [2.05, 4.69) is 10.6 Å². The van der Waals surface area contributed by atoms with E-state index < -0.39 is 35.1 Å². The minimum absolute atomic E-state index is 0.235. The minimum atomic E-state index is -1.01. The van der Waals surface area contributed by atoms with E-state index in [-0.39, 0.29) is 24.3 Å². The highest BCUT2D eigenvalue weighted by molar-refractivity contribution is 5.99. The third-order valence-electron chi connectivity index (χ3n) is 6.56. The molecule has 3 aliphatic heterocycles. The number of fused-ring (bicyclic) bond motifs is 1. The molecule has 3 amide bonds. The van der Waals surface area contributed by atoms with Gasteiger partial charge in [-0.15, -0.1) is 0 Å². The molecule has 3 N–H and O–H groups in total. The van der Waals surface area contributed by atoms with Crippen LogP contribution < -0.4 is 10.6 Å². The topological polar surface area (TPSA) is 108 Å². The van der Waals surface area contributed by atoms with E-state index in [1.165, 1.54) is 4.90 Å². The van der Waals surface area contributed by atoms with Crippen molar-refractivity contribution in [2.75, 3.05) is 20.2 Å². The summed E-state index contributed by atoms with van der Waals surface area (Å²) in [6.07, 6.45) is 2.96. The number of rotatable bonds is 7. The number of amides is 3. The van der Waals surface area contributed by atoms with Crippen molar-refractivity contribution in [2.45, 2.75) is 69.7 Å². The van der Waals surface area contributed by atoms with Crippen molar-refractivity contribution < 1.29 is 24.2 Å². The first kappa shape index (κ1) is 20.1. The number of carbonyl (C=O) groups is 3. The molecule has 0 aromatic rings. The predicted octanol–water partition coefficient (Wildman–Crippen LogP) is -0.206. The summed E-state index contributed by atoms with van der Waals surface area (Å²) in [6, 6.07) is -1.36. The zero-order valence-corrected chi connectivity index (χ0v) is 16.6. The highest BCUT2D eigenvalue weighted by atomic mass is 16.5.